The number of nitrogens with one attached hydrogen (secondary N) is 1. The molecule has 0 saturated heterocycles. The van der Waals surface area contributed by atoms with Gasteiger partial charge in [0.25, 0.3) is 5.91 Å². The van der Waals surface area contributed by atoms with E-state index in [4.69, 9.17) is 4.74 Å². The lowest BCUT2D eigenvalue weighted by molar-refractivity contribution is -0.123. The van der Waals surface area contributed by atoms with Crippen molar-refractivity contribution >= 4 is 17.6 Å². The first kappa shape index (κ1) is 19.0. The molecule has 1 fully saturated rings. The molecule has 1 N–H and O–H groups in total. The van der Waals surface area contributed by atoms with E-state index in [1.807, 2.05) is 13.8 Å². The summed E-state index contributed by atoms with van der Waals surface area (Å²) >= 11 is 0. The standard InChI is InChI=1S/C19H19F3N2O3/c1-9-8-13(10(2)24(9)12-4-5-12)19(26)27-11(3)18(25)23-15-7-6-14(20)16(21)17(15)22/h6-8,11-12H,4-5H2,1-3H3,(H,23,25)/t11-/m1/s1. The number of rotatable bonds is 5. The molecular formula is C19H19F3N2O3. The average Bonchev–Trinajstić information content (AvgIpc) is 3.40. The van der Waals surface area contributed by atoms with E-state index in [-0.39, 0.29) is 0 Å². The Morgan fingerprint density at radius 3 is 2.48 bits per heavy atom. The highest BCUT2D eigenvalue weighted by Crippen LogP contribution is 2.38. The smallest absolute Gasteiger partial charge is 0.340 e. The SMILES string of the molecule is Cc1cc(C(=O)O[C@H](C)C(=O)Nc2ccc(F)c(F)c2F)c(C)n1C1CC1. The van der Waals surface area contributed by atoms with Gasteiger partial charge in [-0.2, -0.15) is 0 Å². The van der Waals surface area contributed by atoms with Crippen LogP contribution < -0.4 is 5.32 Å². The minimum atomic E-state index is -1.69. The largest absolute Gasteiger partial charge is 0.449 e. The highest BCUT2D eigenvalue weighted by Gasteiger charge is 2.30. The Labute approximate surface area is 154 Å². The Bertz CT molecular complexity index is 919. The van der Waals surface area contributed by atoms with E-state index >= 15 is 0 Å². The van der Waals surface area contributed by atoms with Crippen molar-refractivity contribution < 1.29 is 27.5 Å². The monoisotopic (exact) mass is 380 g/mol. The zero-order chi connectivity index (χ0) is 19.9. The maximum absolute atomic E-state index is 13.7. The molecule has 3 rings (SSSR count). The summed E-state index contributed by atoms with van der Waals surface area (Å²) < 4.78 is 47.1. The van der Waals surface area contributed by atoms with Crippen LogP contribution in [0.5, 0.6) is 0 Å². The van der Waals surface area contributed by atoms with Gasteiger partial charge < -0.3 is 14.6 Å². The second-order valence-electron chi connectivity index (χ2n) is 6.65. The highest BCUT2D eigenvalue weighted by molar-refractivity contribution is 5.97. The zero-order valence-corrected chi connectivity index (χ0v) is 15.1. The van der Waals surface area contributed by atoms with Gasteiger partial charge in [-0.15, -0.1) is 0 Å². The van der Waals surface area contributed by atoms with Crippen molar-refractivity contribution in [3.05, 3.63) is 52.6 Å². The van der Waals surface area contributed by atoms with Crippen LogP contribution in [0.1, 0.15) is 47.6 Å². The van der Waals surface area contributed by atoms with Crippen molar-refractivity contribution in [3.8, 4) is 0 Å². The molecule has 1 aliphatic rings. The number of aryl methyl sites for hydroxylation is 1. The lowest BCUT2D eigenvalue weighted by atomic mass is 10.2. The molecular weight excluding hydrogens is 361 g/mol. The quantitative estimate of drug-likeness (QED) is 0.629. The Morgan fingerprint density at radius 2 is 1.85 bits per heavy atom. The molecule has 5 nitrogen and oxygen atoms in total. The lowest BCUT2D eigenvalue weighted by Crippen LogP contribution is -2.30. The molecule has 1 amide bonds. The Morgan fingerprint density at radius 1 is 1.19 bits per heavy atom. The van der Waals surface area contributed by atoms with Crippen molar-refractivity contribution in [1.29, 1.82) is 0 Å². The Balaban J connectivity index is 1.69. The van der Waals surface area contributed by atoms with Gasteiger partial charge in [0.15, 0.2) is 23.6 Å². The minimum Gasteiger partial charge on any atom is -0.449 e. The molecule has 1 aliphatic carbocycles. The summed E-state index contributed by atoms with van der Waals surface area (Å²) in [5.41, 5.74) is 1.52. The molecule has 1 atom stereocenters. The van der Waals surface area contributed by atoms with E-state index in [0.717, 1.165) is 30.3 Å². The lowest BCUT2D eigenvalue weighted by Gasteiger charge is -2.14. The average molecular weight is 380 g/mol. The number of halogens is 3. The number of benzene rings is 1. The van der Waals surface area contributed by atoms with Gasteiger partial charge in [-0.3, -0.25) is 4.79 Å². The third kappa shape index (κ3) is 3.70. The molecule has 1 aromatic carbocycles. The number of hydrogen-bond acceptors (Lipinski definition) is 3. The second-order valence-corrected chi connectivity index (χ2v) is 6.65. The van der Waals surface area contributed by atoms with Crippen molar-refractivity contribution in [2.45, 2.75) is 45.8 Å². The Hall–Kier alpha value is -2.77. The van der Waals surface area contributed by atoms with Gasteiger partial charge in [-0.25, -0.2) is 18.0 Å². The van der Waals surface area contributed by atoms with Crippen molar-refractivity contribution in [1.82, 2.24) is 4.57 Å². The number of nitrogens with zero attached hydrogens (tertiary/aromatic N) is 1. The fourth-order valence-electron chi connectivity index (χ4n) is 3.01. The van der Waals surface area contributed by atoms with Crippen molar-refractivity contribution in [3.63, 3.8) is 0 Å². The van der Waals surface area contributed by atoms with Gasteiger partial charge in [-0.05, 0) is 51.8 Å². The first-order valence-electron chi connectivity index (χ1n) is 8.54. The summed E-state index contributed by atoms with van der Waals surface area (Å²) in [7, 11) is 0. The summed E-state index contributed by atoms with van der Waals surface area (Å²) in [5.74, 6) is -6.11. The topological polar surface area (TPSA) is 60.3 Å². The molecule has 1 heterocycles. The predicted molar refractivity (Wildman–Crippen MR) is 92.0 cm³/mol. The predicted octanol–water partition coefficient (Wildman–Crippen LogP) is 4.04. The van der Waals surface area contributed by atoms with Crippen LogP contribution in [-0.2, 0) is 9.53 Å². The maximum atomic E-state index is 13.7. The summed E-state index contributed by atoms with van der Waals surface area (Å²) in [6, 6.07) is 3.68. The van der Waals surface area contributed by atoms with E-state index in [1.165, 1.54) is 6.92 Å². The van der Waals surface area contributed by atoms with Gasteiger partial charge >= 0.3 is 5.97 Å². The zero-order valence-electron chi connectivity index (χ0n) is 15.1. The number of amides is 1. The summed E-state index contributed by atoms with van der Waals surface area (Å²) in [4.78, 5) is 24.5. The van der Waals surface area contributed by atoms with E-state index in [1.54, 1.807) is 6.07 Å². The molecule has 8 heteroatoms. The fourth-order valence-corrected chi connectivity index (χ4v) is 3.01. The van der Waals surface area contributed by atoms with Crippen molar-refractivity contribution in [2.24, 2.45) is 0 Å². The number of aromatic nitrogens is 1. The molecule has 0 radical (unpaired) electrons. The first-order valence-corrected chi connectivity index (χ1v) is 8.54. The van der Waals surface area contributed by atoms with Crippen molar-refractivity contribution in [2.75, 3.05) is 5.32 Å². The third-order valence-electron chi connectivity index (χ3n) is 4.56. The molecule has 1 aromatic heterocycles. The number of carbonyl (C=O) groups excluding carboxylic acids is 2. The van der Waals surface area contributed by atoms with Crippen LogP contribution in [0.2, 0.25) is 0 Å². The van der Waals surface area contributed by atoms with Crippen LogP contribution >= 0.6 is 0 Å². The van der Waals surface area contributed by atoms with Crippen LogP contribution in [0.15, 0.2) is 18.2 Å². The fraction of sp³-hybridized carbons (Fsp3) is 0.368. The van der Waals surface area contributed by atoms with Crippen LogP contribution in [-0.4, -0.2) is 22.5 Å². The molecule has 1 saturated carbocycles. The van der Waals surface area contributed by atoms with E-state index < -0.39 is 41.1 Å². The second kappa shape index (κ2) is 7.09. The highest BCUT2D eigenvalue weighted by atomic mass is 19.2. The molecule has 144 valence electrons. The molecule has 0 bridgehead atoms. The van der Waals surface area contributed by atoms with Gasteiger partial charge in [-0.1, -0.05) is 0 Å². The Kier molecular flexibility index (Phi) is 4.99. The number of esters is 1. The van der Waals surface area contributed by atoms with Gasteiger partial charge in [0, 0.05) is 17.4 Å². The summed E-state index contributed by atoms with van der Waals surface area (Å²) in [6.07, 6.45) is 0.862. The van der Waals surface area contributed by atoms with Crippen LogP contribution in [0.4, 0.5) is 18.9 Å². The number of anilines is 1. The number of ether oxygens (including phenoxy) is 1. The van der Waals surface area contributed by atoms with Gasteiger partial charge in [0.2, 0.25) is 0 Å². The molecule has 0 unspecified atom stereocenters. The van der Waals surface area contributed by atoms with E-state index in [9.17, 15) is 22.8 Å². The third-order valence-corrected chi connectivity index (χ3v) is 4.56. The normalized spacial score (nSPS) is 14.7. The van der Waals surface area contributed by atoms with E-state index in [0.29, 0.717) is 17.7 Å². The minimum absolute atomic E-state index is 0.359. The maximum Gasteiger partial charge on any atom is 0.340 e. The van der Waals surface area contributed by atoms with E-state index in [2.05, 4.69) is 9.88 Å². The number of hydrogen-bond donors (Lipinski definition) is 1. The number of carbonyl (C=O) groups is 2. The molecule has 27 heavy (non-hydrogen) atoms. The van der Waals surface area contributed by atoms with Crippen LogP contribution in [0.25, 0.3) is 0 Å². The van der Waals surface area contributed by atoms with Gasteiger partial charge in [0.05, 0.1) is 11.3 Å². The first-order chi connectivity index (χ1) is 12.7. The van der Waals surface area contributed by atoms with Gasteiger partial charge in [0.1, 0.15) is 0 Å². The molecule has 0 aliphatic heterocycles. The molecule has 2 aromatic rings. The van der Waals surface area contributed by atoms with Crippen LogP contribution in [0, 0.1) is 31.3 Å². The summed E-state index contributed by atoms with van der Waals surface area (Å²) in [5, 5.41) is 2.09. The molecule has 0 spiro atoms. The van der Waals surface area contributed by atoms with Crippen LogP contribution in [0.3, 0.4) is 0 Å². The summed E-state index contributed by atoms with van der Waals surface area (Å²) in [6.45, 7) is 5.01.